The van der Waals surface area contributed by atoms with Crippen LogP contribution in [-0.2, 0) is 4.79 Å². The molecule has 0 unspecified atom stereocenters. The van der Waals surface area contributed by atoms with Crippen molar-refractivity contribution in [3.63, 3.8) is 0 Å². The van der Waals surface area contributed by atoms with Crippen LogP contribution in [0.2, 0.25) is 0 Å². The zero-order valence-electron chi connectivity index (χ0n) is 12.0. The molecule has 3 rings (SSSR count). The average molecular weight is 276 g/mol. The number of aliphatic carboxylic acids is 1. The van der Waals surface area contributed by atoms with Gasteiger partial charge in [0.2, 0.25) is 0 Å². The summed E-state index contributed by atoms with van der Waals surface area (Å²) < 4.78 is 0. The fourth-order valence-electron chi connectivity index (χ4n) is 2.42. The van der Waals surface area contributed by atoms with Crippen molar-refractivity contribution < 1.29 is 9.90 Å². The van der Waals surface area contributed by atoms with Gasteiger partial charge in [0.25, 0.3) is 0 Å². The predicted octanol–water partition coefficient (Wildman–Crippen LogP) is 2.28. The highest BCUT2D eigenvalue weighted by molar-refractivity contribution is 5.87. The Bertz CT molecular complexity index is 590. The number of nitrogens with one attached hydrogen (secondary N) is 1. The van der Waals surface area contributed by atoms with Gasteiger partial charge in [-0.2, -0.15) is 0 Å². The molecule has 0 amide bonds. The fourth-order valence-corrected chi connectivity index (χ4v) is 2.42. The Labute approximate surface area is 117 Å². The first-order valence-corrected chi connectivity index (χ1v) is 6.90. The number of anilines is 1. The van der Waals surface area contributed by atoms with E-state index in [1.807, 2.05) is 33.2 Å². The van der Waals surface area contributed by atoms with Crippen molar-refractivity contribution in [3.8, 4) is 0 Å². The number of hydrogen-bond acceptors (Lipinski definition) is 4. The van der Waals surface area contributed by atoms with E-state index in [4.69, 9.17) is 5.11 Å². The number of rotatable bonds is 3. The first kappa shape index (κ1) is 14.3. The molecule has 1 saturated carbocycles. The summed E-state index contributed by atoms with van der Waals surface area (Å²) in [6.45, 7) is 4.00. The summed E-state index contributed by atoms with van der Waals surface area (Å²) in [5.74, 6) is -0.0507. The summed E-state index contributed by atoms with van der Waals surface area (Å²) >= 11 is 0. The van der Waals surface area contributed by atoms with Gasteiger partial charge in [-0.15, -0.1) is 0 Å². The number of fused-ring (bicyclic) bond motifs is 1. The molecule has 0 aromatic carbocycles. The highest BCUT2D eigenvalue weighted by Crippen LogP contribution is 2.34. The van der Waals surface area contributed by atoms with Crippen LogP contribution in [0, 0.1) is 5.92 Å². The third kappa shape index (κ3) is 2.45. The molecule has 1 aliphatic rings. The maximum Gasteiger partial charge on any atom is 0.306 e. The summed E-state index contributed by atoms with van der Waals surface area (Å²) in [5.41, 5.74) is 0.806. The van der Waals surface area contributed by atoms with Crippen LogP contribution in [0.25, 0.3) is 11.0 Å². The smallest absolute Gasteiger partial charge is 0.306 e. The summed E-state index contributed by atoms with van der Waals surface area (Å²) in [6, 6.07) is 2.19. The Kier molecular flexibility index (Phi) is 4.22. The van der Waals surface area contributed by atoms with E-state index in [-0.39, 0.29) is 12.0 Å². The van der Waals surface area contributed by atoms with Crippen LogP contribution >= 0.6 is 0 Å². The molecule has 0 radical (unpaired) electrons. The summed E-state index contributed by atoms with van der Waals surface area (Å²) in [4.78, 5) is 24.3. The second-order valence-electron chi connectivity index (χ2n) is 4.71. The zero-order valence-corrected chi connectivity index (χ0v) is 12.0. The van der Waals surface area contributed by atoms with E-state index < -0.39 is 5.97 Å². The number of carboxylic acids is 1. The van der Waals surface area contributed by atoms with Crippen LogP contribution in [0.4, 0.5) is 5.82 Å². The number of carboxylic acid groups (broad SMARTS) is 1. The molecule has 0 bridgehead atoms. The maximum atomic E-state index is 10.8. The lowest BCUT2D eigenvalue weighted by molar-refractivity contribution is -0.145. The molecule has 1 fully saturated rings. The Morgan fingerprint density at radius 1 is 1.40 bits per heavy atom. The summed E-state index contributed by atoms with van der Waals surface area (Å²) in [6.07, 6.45) is 4.72. The number of carbonyl (C=O) groups is 1. The molecule has 0 atom stereocenters. The van der Waals surface area contributed by atoms with Crippen molar-refractivity contribution in [2.24, 2.45) is 5.92 Å². The van der Waals surface area contributed by atoms with E-state index in [1.54, 1.807) is 0 Å². The minimum absolute atomic E-state index is 0.207. The molecule has 108 valence electrons. The van der Waals surface area contributed by atoms with Crippen molar-refractivity contribution in [1.29, 1.82) is 0 Å². The first-order chi connectivity index (χ1) is 9.66. The van der Waals surface area contributed by atoms with Gasteiger partial charge in [-0.05, 0) is 18.9 Å². The molecule has 6 heteroatoms. The fraction of sp³-hybridized carbons (Fsp3) is 0.500. The molecular formula is C14H20N4O2. The minimum Gasteiger partial charge on any atom is -0.481 e. The van der Waals surface area contributed by atoms with Gasteiger partial charge in [0.1, 0.15) is 17.8 Å². The summed E-state index contributed by atoms with van der Waals surface area (Å²) in [5, 5.41) is 9.86. The zero-order chi connectivity index (χ0) is 14.7. The Morgan fingerprint density at radius 3 is 2.75 bits per heavy atom. The normalized spacial score (nSPS) is 20.8. The third-order valence-corrected chi connectivity index (χ3v) is 3.68. The van der Waals surface area contributed by atoms with E-state index in [9.17, 15) is 4.79 Å². The van der Waals surface area contributed by atoms with E-state index in [0.29, 0.717) is 12.8 Å². The second kappa shape index (κ2) is 5.90. The Hall–Kier alpha value is -2.11. The number of aromatic amines is 1. The molecule has 2 N–H and O–H groups in total. The van der Waals surface area contributed by atoms with E-state index in [1.165, 1.54) is 6.33 Å². The highest BCUT2D eigenvalue weighted by Gasteiger charge is 2.37. The SMILES string of the molecule is CC.CN(c1ncnc2[nH]ccc12)C1CC(C(=O)O)C1. The highest BCUT2D eigenvalue weighted by atomic mass is 16.4. The van der Waals surface area contributed by atoms with Gasteiger partial charge in [0, 0.05) is 19.3 Å². The van der Waals surface area contributed by atoms with Crippen LogP contribution in [0.1, 0.15) is 26.7 Å². The Balaban J connectivity index is 0.000000704. The molecule has 0 spiro atoms. The van der Waals surface area contributed by atoms with E-state index >= 15 is 0 Å². The average Bonchev–Trinajstić information content (AvgIpc) is 2.86. The van der Waals surface area contributed by atoms with Crippen molar-refractivity contribution in [3.05, 3.63) is 18.6 Å². The number of hydrogen-bond donors (Lipinski definition) is 2. The van der Waals surface area contributed by atoms with Gasteiger partial charge in [-0.3, -0.25) is 4.79 Å². The van der Waals surface area contributed by atoms with Gasteiger partial charge < -0.3 is 15.0 Å². The van der Waals surface area contributed by atoms with E-state index in [2.05, 4.69) is 19.9 Å². The van der Waals surface area contributed by atoms with Crippen LogP contribution in [0.3, 0.4) is 0 Å². The van der Waals surface area contributed by atoms with Gasteiger partial charge in [0.05, 0.1) is 11.3 Å². The molecule has 0 saturated heterocycles. The van der Waals surface area contributed by atoms with Crippen LogP contribution < -0.4 is 4.90 Å². The van der Waals surface area contributed by atoms with Crippen LogP contribution in [-0.4, -0.2) is 39.1 Å². The molecule has 1 aliphatic carbocycles. The molecule has 2 heterocycles. The quantitative estimate of drug-likeness (QED) is 0.898. The predicted molar refractivity (Wildman–Crippen MR) is 77.8 cm³/mol. The monoisotopic (exact) mass is 276 g/mol. The van der Waals surface area contributed by atoms with Gasteiger partial charge in [-0.1, -0.05) is 13.8 Å². The molecular weight excluding hydrogens is 256 g/mol. The largest absolute Gasteiger partial charge is 0.481 e. The third-order valence-electron chi connectivity index (χ3n) is 3.68. The van der Waals surface area contributed by atoms with Crippen molar-refractivity contribution in [1.82, 2.24) is 15.0 Å². The molecule has 0 aliphatic heterocycles. The van der Waals surface area contributed by atoms with E-state index in [0.717, 1.165) is 16.9 Å². The lowest BCUT2D eigenvalue weighted by Crippen LogP contribution is -2.45. The van der Waals surface area contributed by atoms with Crippen LogP contribution in [0.5, 0.6) is 0 Å². The van der Waals surface area contributed by atoms with Crippen LogP contribution in [0.15, 0.2) is 18.6 Å². The number of H-pyrrole nitrogens is 1. The number of nitrogens with zero attached hydrogens (tertiary/aromatic N) is 3. The second-order valence-corrected chi connectivity index (χ2v) is 4.71. The standard InChI is InChI=1S/C12H14N4O2.C2H6/c1-16(8-4-7(5-8)12(17)18)11-9-2-3-13-10(9)14-6-15-11;1-2/h2-3,6-8H,4-5H2,1H3,(H,17,18)(H,13,14,15);1-2H3. The topological polar surface area (TPSA) is 82.1 Å². The number of aromatic nitrogens is 3. The Morgan fingerprint density at radius 2 is 2.10 bits per heavy atom. The van der Waals surface area contributed by atoms with Crippen molar-refractivity contribution in [2.75, 3.05) is 11.9 Å². The summed E-state index contributed by atoms with van der Waals surface area (Å²) in [7, 11) is 1.96. The molecule has 2 aromatic heterocycles. The van der Waals surface area contributed by atoms with Gasteiger partial charge >= 0.3 is 5.97 Å². The first-order valence-electron chi connectivity index (χ1n) is 6.90. The van der Waals surface area contributed by atoms with Gasteiger partial charge in [-0.25, -0.2) is 9.97 Å². The molecule has 20 heavy (non-hydrogen) atoms. The van der Waals surface area contributed by atoms with Crippen molar-refractivity contribution in [2.45, 2.75) is 32.7 Å². The lowest BCUT2D eigenvalue weighted by atomic mass is 9.79. The van der Waals surface area contributed by atoms with Gasteiger partial charge in [0.15, 0.2) is 0 Å². The lowest BCUT2D eigenvalue weighted by Gasteiger charge is -2.39. The molecule has 2 aromatic rings. The van der Waals surface area contributed by atoms with Crippen molar-refractivity contribution >= 4 is 22.8 Å². The maximum absolute atomic E-state index is 10.8. The minimum atomic E-state index is -0.700. The molecule has 6 nitrogen and oxygen atoms in total.